The number of hydrogen-bond acceptors (Lipinski definition) is 2. The molecule has 1 nitrogen and oxygen atoms in total. The Bertz CT molecular complexity index is 3550. The zero-order chi connectivity index (χ0) is 43.6. The number of rotatable bonds is 9. The average Bonchev–Trinajstić information content (AvgIpc) is 4.02. The van der Waals surface area contributed by atoms with Crippen molar-refractivity contribution in [1.82, 2.24) is 0 Å². The lowest BCUT2D eigenvalue weighted by molar-refractivity contribution is 0.730. The van der Waals surface area contributed by atoms with E-state index in [-0.39, 0.29) is 0 Å². The van der Waals surface area contributed by atoms with E-state index < -0.39 is 5.41 Å². The number of thiophene rings is 1. The van der Waals surface area contributed by atoms with Crippen LogP contribution in [0.3, 0.4) is 0 Å². The fourth-order valence-corrected chi connectivity index (χ4v) is 12.8. The van der Waals surface area contributed by atoms with Crippen LogP contribution in [-0.2, 0) is 11.8 Å². The molecular formula is C64H45NS. The number of para-hydroxylation sites is 1. The van der Waals surface area contributed by atoms with Crippen LogP contribution in [0.15, 0.2) is 243 Å². The first-order chi connectivity index (χ1) is 32.7. The summed E-state index contributed by atoms with van der Waals surface area (Å²) >= 11 is 1.94. The molecule has 11 aromatic rings. The van der Waals surface area contributed by atoms with E-state index >= 15 is 0 Å². The number of benzene rings is 10. The summed E-state index contributed by atoms with van der Waals surface area (Å²) in [5.74, 6) is 0.373. The van der Waals surface area contributed by atoms with Gasteiger partial charge in [-0.05, 0) is 133 Å². The number of fused-ring (bicyclic) bond motifs is 9. The molecular weight excluding hydrogens is 815 g/mol. The Morgan fingerprint density at radius 1 is 0.424 bits per heavy atom. The normalized spacial score (nSPS) is 14.2. The molecule has 2 aliphatic carbocycles. The number of hydrogen-bond donors (Lipinski definition) is 0. The van der Waals surface area contributed by atoms with Crippen LogP contribution in [0, 0.1) is 0 Å². The summed E-state index contributed by atoms with van der Waals surface area (Å²) in [6.07, 6.45) is 2.12. The van der Waals surface area contributed by atoms with Crippen LogP contribution < -0.4 is 4.90 Å². The topological polar surface area (TPSA) is 3.24 Å². The highest BCUT2D eigenvalue weighted by molar-refractivity contribution is 7.20. The van der Waals surface area contributed by atoms with Gasteiger partial charge in [0.15, 0.2) is 0 Å². The van der Waals surface area contributed by atoms with Crippen LogP contribution in [0.5, 0.6) is 0 Å². The molecule has 10 aromatic carbocycles. The van der Waals surface area contributed by atoms with Crippen molar-refractivity contribution in [3.05, 3.63) is 281 Å². The molecule has 0 amide bonds. The quantitative estimate of drug-likeness (QED) is 0.140. The number of nitrogens with zero attached hydrogens (tertiary/aromatic N) is 1. The zero-order valence-corrected chi connectivity index (χ0v) is 37.3. The van der Waals surface area contributed by atoms with E-state index in [0.29, 0.717) is 5.92 Å². The summed E-state index contributed by atoms with van der Waals surface area (Å²) in [6, 6.07) is 90.4. The van der Waals surface area contributed by atoms with Crippen molar-refractivity contribution >= 4 is 49.3 Å². The van der Waals surface area contributed by atoms with Crippen molar-refractivity contribution in [1.29, 1.82) is 0 Å². The fraction of sp³-hybridized carbons (Fsp3) is 0.0625. The van der Waals surface area contributed by atoms with Crippen LogP contribution >= 0.6 is 11.3 Å². The largest absolute Gasteiger partial charge is 0.310 e. The van der Waals surface area contributed by atoms with Gasteiger partial charge >= 0.3 is 0 Å². The molecule has 312 valence electrons. The van der Waals surface area contributed by atoms with E-state index in [1.54, 1.807) is 0 Å². The molecule has 66 heavy (non-hydrogen) atoms. The standard InChI is InChI=1S/C64H45NS/c1-4-18-48(19-5-1)64(49-20-6-2-7-21-49)60-42-52(36-39-57(60)62-58-26-14-15-27-61(58)66-63(62)64)65(50-22-8-3-9-23-50)51-34-31-45(32-35-51)47-33-38-56-55(53-24-12-13-25-54(53)59(56)41-47)37-29-43-28-30-44-16-10-11-17-46(44)40-43/h1-28,30-36,38-42,55H,29,37H2. The first-order valence-corrected chi connectivity index (χ1v) is 24.0. The lowest BCUT2D eigenvalue weighted by Crippen LogP contribution is -2.28. The number of aryl methyl sites for hydroxylation is 1. The Kier molecular flexibility index (Phi) is 9.21. The second kappa shape index (κ2) is 15.7. The summed E-state index contributed by atoms with van der Waals surface area (Å²) in [5, 5.41) is 3.94. The maximum absolute atomic E-state index is 2.48. The Hall–Kier alpha value is -7.78. The summed E-state index contributed by atoms with van der Waals surface area (Å²) in [7, 11) is 0. The molecule has 0 spiro atoms. The molecule has 0 bridgehead atoms. The minimum absolute atomic E-state index is 0.373. The summed E-state index contributed by atoms with van der Waals surface area (Å²) < 4.78 is 1.32. The molecule has 0 radical (unpaired) electrons. The highest BCUT2D eigenvalue weighted by Crippen LogP contribution is 2.61. The van der Waals surface area contributed by atoms with Gasteiger partial charge in [-0.2, -0.15) is 0 Å². The first kappa shape index (κ1) is 38.7. The van der Waals surface area contributed by atoms with E-state index in [1.807, 2.05) is 11.3 Å². The molecule has 1 unspecified atom stereocenters. The summed E-state index contributed by atoms with van der Waals surface area (Å²) in [4.78, 5) is 3.81. The predicted molar refractivity (Wildman–Crippen MR) is 279 cm³/mol. The lowest BCUT2D eigenvalue weighted by Gasteiger charge is -2.34. The van der Waals surface area contributed by atoms with Gasteiger partial charge < -0.3 is 4.90 Å². The smallest absolute Gasteiger partial charge is 0.0808 e. The third kappa shape index (κ3) is 6.13. The predicted octanol–water partition coefficient (Wildman–Crippen LogP) is 17.3. The Labute approximate surface area is 390 Å². The average molecular weight is 860 g/mol. The van der Waals surface area contributed by atoms with Gasteiger partial charge in [-0.15, -0.1) is 11.3 Å². The van der Waals surface area contributed by atoms with Gasteiger partial charge in [0.05, 0.1) is 5.41 Å². The van der Waals surface area contributed by atoms with Crippen molar-refractivity contribution in [2.75, 3.05) is 4.90 Å². The molecule has 0 fully saturated rings. The summed E-state index contributed by atoms with van der Waals surface area (Å²) in [6.45, 7) is 0. The summed E-state index contributed by atoms with van der Waals surface area (Å²) in [5.41, 5.74) is 18.9. The van der Waals surface area contributed by atoms with Gasteiger partial charge in [-0.25, -0.2) is 0 Å². The minimum atomic E-state index is -0.485. The molecule has 1 heterocycles. The molecule has 13 rings (SSSR count). The van der Waals surface area contributed by atoms with Crippen LogP contribution in [0.1, 0.15) is 50.6 Å². The molecule has 0 saturated heterocycles. The van der Waals surface area contributed by atoms with Gasteiger partial charge in [0.1, 0.15) is 0 Å². The minimum Gasteiger partial charge on any atom is -0.310 e. The Balaban J connectivity index is 0.890. The van der Waals surface area contributed by atoms with Crippen LogP contribution in [-0.4, -0.2) is 0 Å². The highest BCUT2D eigenvalue weighted by atomic mass is 32.1. The van der Waals surface area contributed by atoms with Crippen molar-refractivity contribution < 1.29 is 0 Å². The van der Waals surface area contributed by atoms with Gasteiger partial charge in [0.2, 0.25) is 0 Å². The Morgan fingerprint density at radius 3 is 1.83 bits per heavy atom. The SMILES string of the molecule is c1ccc(N(c2ccc(-c3ccc4c(c3)-c3ccccc3C4CCc3ccc4ccccc4c3)cc2)c2ccc3c(c2)C(c2ccccc2)(c2ccccc2)c2sc4ccccc4c2-3)cc1. The van der Waals surface area contributed by atoms with E-state index in [2.05, 4.69) is 248 Å². The van der Waals surface area contributed by atoms with Crippen LogP contribution in [0.2, 0.25) is 0 Å². The van der Waals surface area contributed by atoms with E-state index in [1.165, 1.54) is 92.5 Å². The molecule has 0 saturated carbocycles. The van der Waals surface area contributed by atoms with Crippen LogP contribution in [0.4, 0.5) is 17.1 Å². The molecule has 0 aliphatic heterocycles. The Morgan fingerprint density at radius 2 is 1.05 bits per heavy atom. The monoisotopic (exact) mass is 859 g/mol. The molecule has 2 aliphatic rings. The van der Waals surface area contributed by atoms with Gasteiger partial charge in [0, 0.05) is 43.5 Å². The van der Waals surface area contributed by atoms with Gasteiger partial charge in [-0.3, -0.25) is 0 Å². The van der Waals surface area contributed by atoms with Crippen molar-refractivity contribution in [2.45, 2.75) is 24.2 Å². The lowest BCUT2D eigenvalue weighted by atomic mass is 9.70. The second-order valence-electron chi connectivity index (χ2n) is 17.9. The third-order valence-electron chi connectivity index (χ3n) is 14.3. The fourth-order valence-electron chi connectivity index (χ4n) is 11.3. The second-order valence-corrected chi connectivity index (χ2v) is 18.9. The van der Waals surface area contributed by atoms with Crippen molar-refractivity contribution in [3.8, 4) is 33.4 Å². The van der Waals surface area contributed by atoms with E-state index in [0.717, 1.165) is 29.9 Å². The molecule has 1 atom stereocenters. The van der Waals surface area contributed by atoms with E-state index in [4.69, 9.17) is 0 Å². The highest BCUT2D eigenvalue weighted by Gasteiger charge is 2.48. The third-order valence-corrected chi connectivity index (χ3v) is 15.6. The van der Waals surface area contributed by atoms with Crippen molar-refractivity contribution in [3.63, 3.8) is 0 Å². The number of anilines is 3. The van der Waals surface area contributed by atoms with Gasteiger partial charge in [-0.1, -0.05) is 194 Å². The maximum atomic E-state index is 2.48. The zero-order valence-electron chi connectivity index (χ0n) is 36.4. The maximum Gasteiger partial charge on any atom is 0.0808 e. The molecule has 2 heteroatoms. The molecule has 0 N–H and O–H groups in total. The first-order valence-electron chi connectivity index (χ1n) is 23.2. The van der Waals surface area contributed by atoms with E-state index in [9.17, 15) is 0 Å². The van der Waals surface area contributed by atoms with Crippen LogP contribution in [0.25, 0.3) is 54.2 Å². The van der Waals surface area contributed by atoms with Crippen molar-refractivity contribution in [2.24, 2.45) is 0 Å². The van der Waals surface area contributed by atoms with Gasteiger partial charge in [0.25, 0.3) is 0 Å². The molecule has 1 aromatic heterocycles.